The number of aromatic amines is 1. The van der Waals surface area contributed by atoms with Crippen LogP contribution in [0.25, 0.3) is 116 Å². The van der Waals surface area contributed by atoms with Crippen molar-refractivity contribution in [3.05, 3.63) is 270 Å². The van der Waals surface area contributed by atoms with Gasteiger partial charge in [-0.1, -0.05) is 212 Å². The number of aromatic nitrogens is 4. The van der Waals surface area contributed by atoms with Crippen LogP contribution >= 0.6 is 75.8 Å². The predicted octanol–water partition coefficient (Wildman–Crippen LogP) is 22.7. The van der Waals surface area contributed by atoms with Gasteiger partial charge in [-0.15, -0.1) is 59.7 Å². The Hall–Kier alpha value is -5.41. The van der Waals surface area contributed by atoms with Crippen molar-refractivity contribution in [2.45, 2.75) is 46.0 Å². The zero-order valence-electron chi connectivity index (χ0n) is 46.0. The standard InChI is InChI=1S/C36H25N2.C21H17N.C15H9BrN.CH3I.CH4.I2.2Ir/c1-36(2)31-16-7-5-14-27(31)29-21-30-28-15-6-8-17-33(28)38(34(30)22-32(29)36)25-12-9-11-24(20-25)35-26-13-4-3-10-23(26)18-19-37-35;1-21(2)17-9-5-3-7-13(17)15-11-16-14-8-4-6-10-19(14)22-20(16)12-18(15)21;16-13-6-3-5-12(10-13)15-14-7-2-1-4-11(14)8-9-17-15;1-2;;1-2;;/h3-10,12-22H,1-2H3;3-12,22H,1-2H3;1-4,6-10H;1H3;1H4;;;/q-1;;-1;;;;;. The topological polar surface area (TPSA) is 46.5 Å². The van der Waals surface area contributed by atoms with Crippen molar-refractivity contribution in [1.82, 2.24) is 19.5 Å². The van der Waals surface area contributed by atoms with E-state index in [0.717, 1.165) is 43.4 Å². The normalized spacial score (nSPS) is 12.5. The zero-order chi connectivity index (χ0) is 56.0. The summed E-state index contributed by atoms with van der Waals surface area (Å²) in [5.41, 5.74) is 21.1. The summed E-state index contributed by atoms with van der Waals surface area (Å²) in [6.07, 6.45) is 3.73. The molecule has 0 spiro atoms. The summed E-state index contributed by atoms with van der Waals surface area (Å²) in [5, 5.41) is 9.86. The van der Waals surface area contributed by atoms with Crippen LogP contribution in [0.15, 0.2) is 235 Å². The van der Waals surface area contributed by atoms with E-state index in [-0.39, 0.29) is 58.5 Å². The van der Waals surface area contributed by atoms with E-state index < -0.39 is 0 Å². The summed E-state index contributed by atoms with van der Waals surface area (Å²) in [7, 11) is 0. The number of halogens is 4. The van der Waals surface area contributed by atoms with E-state index in [0.29, 0.717) is 0 Å². The van der Waals surface area contributed by atoms with Crippen molar-refractivity contribution in [2.75, 3.05) is 4.93 Å². The van der Waals surface area contributed by atoms with Gasteiger partial charge in [0.15, 0.2) is 0 Å². The van der Waals surface area contributed by atoms with Gasteiger partial charge in [0.05, 0.1) is 11.0 Å². The Kier molecular flexibility index (Phi) is 20.0. The Morgan fingerprint density at radius 1 is 0.429 bits per heavy atom. The zero-order valence-corrected chi connectivity index (χ0v) is 58.8. The van der Waals surface area contributed by atoms with Crippen molar-refractivity contribution in [3.63, 3.8) is 0 Å². The molecule has 84 heavy (non-hydrogen) atoms. The van der Waals surface area contributed by atoms with Gasteiger partial charge in [-0.3, -0.25) is 0 Å². The largest absolute Gasteiger partial charge is 0.355 e. The molecule has 0 bridgehead atoms. The molecule has 2 aliphatic carbocycles. The number of benzene rings is 10. The molecular weight excluding hydrogens is 1790 g/mol. The molecule has 422 valence electrons. The smallest absolute Gasteiger partial charge is 0.0527 e. The first kappa shape index (κ1) is 63.1. The minimum absolute atomic E-state index is 0. The molecule has 4 heterocycles. The number of nitrogens with one attached hydrogen (secondary N) is 1. The van der Waals surface area contributed by atoms with Gasteiger partial charge in [0, 0.05) is 133 Å². The number of fused-ring (bicyclic) bond motifs is 14. The number of hydrogen-bond donors (Lipinski definition) is 1. The fraction of sp³-hybridized carbons (Fsp3) is 0.108. The van der Waals surface area contributed by atoms with E-state index in [1.54, 1.807) is 0 Å². The first-order valence-electron chi connectivity index (χ1n) is 26.8. The van der Waals surface area contributed by atoms with Gasteiger partial charge < -0.3 is 19.5 Å². The third-order valence-corrected chi connectivity index (χ3v) is 16.7. The van der Waals surface area contributed by atoms with Crippen LogP contribution in [0, 0.1) is 12.1 Å². The summed E-state index contributed by atoms with van der Waals surface area (Å²) < 4.78 is 3.45. The van der Waals surface area contributed by atoms with Crippen LogP contribution < -0.4 is 0 Å². The molecule has 0 atom stereocenters. The van der Waals surface area contributed by atoms with Crippen molar-refractivity contribution >= 4 is 141 Å². The van der Waals surface area contributed by atoms with Gasteiger partial charge in [0.2, 0.25) is 0 Å². The van der Waals surface area contributed by atoms with E-state index in [1.165, 1.54) is 98.9 Å². The Morgan fingerprint density at radius 3 is 1.50 bits per heavy atom. The maximum absolute atomic E-state index is 4.77. The first-order valence-corrected chi connectivity index (χ1v) is 36.1. The van der Waals surface area contributed by atoms with Gasteiger partial charge >= 0.3 is 0 Å². The maximum atomic E-state index is 4.77. The molecule has 2 radical (unpaired) electrons. The van der Waals surface area contributed by atoms with Crippen LogP contribution in [0.4, 0.5) is 0 Å². The molecule has 4 aromatic heterocycles. The number of alkyl halides is 1. The van der Waals surface area contributed by atoms with Gasteiger partial charge in [0.1, 0.15) is 0 Å². The minimum atomic E-state index is -0.0517. The number of rotatable bonds is 3. The molecule has 0 saturated heterocycles. The SMILES string of the molecule is Brc1cc[c-]c(-c2nccc3ccccc23)c1.C.CC1(C)c2ccccc2-c2cc3c(cc21)[nH]c1ccccc13.CC1(C)c2ccccc2-c2cc3c4ccccc4n(-c4cc[c-]c(-c5nccc6ccccc56)c4)c3cc21.CI.II.[Ir].[Ir]. The third kappa shape index (κ3) is 11.3. The summed E-state index contributed by atoms with van der Waals surface area (Å²) in [6, 6.07) is 84.3. The molecule has 10 aromatic carbocycles. The second-order valence-electron chi connectivity index (χ2n) is 21.4. The van der Waals surface area contributed by atoms with Crippen molar-refractivity contribution < 1.29 is 40.2 Å². The van der Waals surface area contributed by atoms with Crippen molar-refractivity contribution in [1.29, 1.82) is 0 Å². The van der Waals surface area contributed by atoms with E-state index >= 15 is 0 Å². The molecule has 16 rings (SSSR count). The fourth-order valence-corrected chi connectivity index (χ4v) is 12.8. The van der Waals surface area contributed by atoms with Gasteiger partial charge in [0.25, 0.3) is 0 Å². The minimum Gasteiger partial charge on any atom is -0.355 e. The van der Waals surface area contributed by atoms with Crippen LogP contribution in [0.2, 0.25) is 0 Å². The average Bonchev–Trinajstić information content (AvgIpc) is 2.57. The molecule has 1 N–H and O–H groups in total. The average molecular weight is 1850 g/mol. The summed E-state index contributed by atoms with van der Waals surface area (Å²) in [6.45, 7) is 9.34. The molecule has 0 amide bonds. The van der Waals surface area contributed by atoms with E-state index in [4.69, 9.17) is 4.98 Å². The van der Waals surface area contributed by atoms with Gasteiger partial charge in [-0.25, -0.2) is 0 Å². The maximum Gasteiger partial charge on any atom is 0.0527 e. The Labute approximate surface area is 565 Å². The quantitative estimate of drug-likeness (QED) is 0.109. The molecule has 0 fully saturated rings. The molecule has 4 nitrogen and oxygen atoms in total. The Bertz CT molecular complexity index is 4690. The summed E-state index contributed by atoms with van der Waals surface area (Å²) in [4.78, 5) is 14.8. The Balaban J connectivity index is 0.000000157. The van der Waals surface area contributed by atoms with E-state index in [2.05, 4.69) is 306 Å². The Morgan fingerprint density at radius 2 is 0.905 bits per heavy atom. The second-order valence-corrected chi connectivity index (χ2v) is 22.3. The number of para-hydroxylation sites is 2. The number of nitrogens with zero attached hydrogens (tertiary/aromatic N) is 3. The van der Waals surface area contributed by atoms with E-state index in [9.17, 15) is 0 Å². The molecular formula is C74H58BrI3Ir2N4-2. The summed E-state index contributed by atoms with van der Waals surface area (Å²) >= 11 is 9.87. The van der Waals surface area contributed by atoms with E-state index in [1.807, 2.05) is 59.8 Å². The van der Waals surface area contributed by atoms with Crippen molar-refractivity contribution in [2.24, 2.45) is 0 Å². The van der Waals surface area contributed by atoms with Crippen LogP contribution in [0.3, 0.4) is 0 Å². The number of hydrogen-bond acceptors (Lipinski definition) is 2. The van der Waals surface area contributed by atoms with Gasteiger partial charge in [-0.2, -0.15) is 0 Å². The van der Waals surface area contributed by atoms with Crippen LogP contribution in [0.5, 0.6) is 0 Å². The van der Waals surface area contributed by atoms with Gasteiger partial charge in [-0.05, 0) is 137 Å². The molecule has 14 aromatic rings. The number of H-pyrrole nitrogens is 1. The number of pyridine rings is 2. The van der Waals surface area contributed by atoms with Crippen LogP contribution in [-0.2, 0) is 51.0 Å². The third-order valence-electron chi connectivity index (χ3n) is 16.2. The molecule has 0 saturated carbocycles. The monoisotopic (exact) mass is 1850 g/mol. The van der Waals surface area contributed by atoms with Crippen LogP contribution in [-0.4, -0.2) is 24.4 Å². The predicted molar refractivity (Wildman–Crippen MR) is 380 cm³/mol. The van der Waals surface area contributed by atoms with Crippen LogP contribution in [0.1, 0.15) is 57.4 Å². The van der Waals surface area contributed by atoms with Crippen molar-refractivity contribution in [3.8, 4) is 50.5 Å². The molecule has 0 aliphatic heterocycles. The first-order chi connectivity index (χ1) is 39.6. The molecule has 0 unspecified atom stereocenters. The summed E-state index contributed by atoms with van der Waals surface area (Å²) in [5.74, 6) is 0. The molecule has 2 aliphatic rings. The second kappa shape index (κ2) is 26.7. The fourth-order valence-electron chi connectivity index (χ4n) is 12.5. The molecule has 10 heteroatoms.